The maximum atomic E-state index is 12.7. The zero-order valence-corrected chi connectivity index (χ0v) is 14.5. The van der Waals surface area contributed by atoms with Gasteiger partial charge in [-0.25, -0.2) is 4.79 Å². The molecule has 0 unspecified atom stereocenters. The van der Waals surface area contributed by atoms with E-state index in [9.17, 15) is 18.0 Å². The number of alkyl halides is 3. The summed E-state index contributed by atoms with van der Waals surface area (Å²) >= 11 is 0. The van der Waals surface area contributed by atoms with Gasteiger partial charge in [-0.3, -0.25) is 0 Å². The van der Waals surface area contributed by atoms with Crippen LogP contribution in [-0.4, -0.2) is 31.5 Å². The van der Waals surface area contributed by atoms with Gasteiger partial charge in [-0.05, 0) is 35.9 Å². The number of carbonyl (C=O) groups excluding carboxylic acids is 1. The van der Waals surface area contributed by atoms with E-state index in [0.29, 0.717) is 17.1 Å². The first-order chi connectivity index (χ1) is 12.8. The molecule has 146 valence electrons. The summed E-state index contributed by atoms with van der Waals surface area (Å²) in [4.78, 5) is 11.9. The number of aliphatic hydroxyl groups is 1. The quantitative estimate of drug-likeness (QED) is 0.684. The van der Waals surface area contributed by atoms with E-state index in [1.807, 2.05) is 0 Å². The van der Waals surface area contributed by atoms with Crippen LogP contribution in [0.5, 0.6) is 11.5 Å². The molecule has 2 amide bonds. The Morgan fingerprint density at radius 2 is 1.93 bits per heavy atom. The van der Waals surface area contributed by atoms with Crippen molar-refractivity contribution < 1.29 is 32.5 Å². The van der Waals surface area contributed by atoms with Crippen LogP contribution < -0.4 is 20.1 Å². The maximum Gasteiger partial charge on any atom is 0.416 e. The number of methoxy groups -OCH3 is 1. The van der Waals surface area contributed by atoms with Crippen molar-refractivity contribution in [3.63, 3.8) is 0 Å². The summed E-state index contributed by atoms with van der Waals surface area (Å²) in [6, 6.07) is 8.70. The molecule has 0 aliphatic carbocycles. The molecule has 2 aromatic carbocycles. The van der Waals surface area contributed by atoms with Gasteiger partial charge in [-0.15, -0.1) is 0 Å². The van der Waals surface area contributed by atoms with Crippen molar-refractivity contribution in [3.05, 3.63) is 53.6 Å². The van der Waals surface area contributed by atoms with Crippen molar-refractivity contribution >= 4 is 11.7 Å². The second kappa shape index (κ2) is 9.13. The van der Waals surface area contributed by atoms with E-state index in [1.165, 1.54) is 19.2 Å². The molecule has 0 spiro atoms. The highest BCUT2D eigenvalue weighted by Crippen LogP contribution is 2.30. The number of hydrogen-bond donors (Lipinski definition) is 3. The zero-order valence-electron chi connectivity index (χ0n) is 14.5. The van der Waals surface area contributed by atoms with Crippen LogP contribution in [0.4, 0.5) is 23.7 Å². The second-order valence-corrected chi connectivity index (χ2v) is 5.44. The maximum absolute atomic E-state index is 12.7. The van der Waals surface area contributed by atoms with Crippen molar-refractivity contribution in [2.75, 3.05) is 25.6 Å². The third-order valence-electron chi connectivity index (χ3n) is 3.48. The van der Waals surface area contributed by atoms with Crippen molar-refractivity contribution in [2.45, 2.75) is 12.7 Å². The first-order valence-electron chi connectivity index (χ1n) is 7.96. The Kier molecular flexibility index (Phi) is 6.89. The highest BCUT2D eigenvalue weighted by molar-refractivity contribution is 5.89. The lowest BCUT2D eigenvalue weighted by Crippen LogP contribution is -2.28. The summed E-state index contributed by atoms with van der Waals surface area (Å²) in [6.45, 7) is 0.108. The van der Waals surface area contributed by atoms with Crippen LogP contribution in [0.3, 0.4) is 0 Å². The summed E-state index contributed by atoms with van der Waals surface area (Å²) in [6.07, 6.45) is -4.48. The number of anilines is 1. The molecule has 0 radical (unpaired) electrons. The molecule has 2 aromatic rings. The van der Waals surface area contributed by atoms with Gasteiger partial charge < -0.3 is 25.2 Å². The van der Waals surface area contributed by atoms with Crippen LogP contribution >= 0.6 is 0 Å². The van der Waals surface area contributed by atoms with Crippen molar-refractivity contribution in [1.82, 2.24) is 5.32 Å². The molecule has 27 heavy (non-hydrogen) atoms. The van der Waals surface area contributed by atoms with E-state index in [1.54, 1.807) is 18.2 Å². The number of ether oxygens (including phenoxy) is 2. The lowest BCUT2D eigenvalue weighted by atomic mass is 10.2. The predicted molar refractivity (Wildman–Crippen MR) is 92.9 cm³/mol. The third-order valence-corrected chi connectivity index (χ3v) is 3.48. The molecular weight excluding hydrogens is 365 g/mol. The van der Waals surface area contributed by atoms with E-state index >= 15 is 0 Å². The Bertz CT molecular complexity index is 781. The summed E-state index contributed by atoms with van der Waals surface area (Å²) < 4.78 is 48.6. The molecule has 0 saturated heterocycles. The fraction of sp³-hybridized carbons (Fsp3) is 0.278. The third kappa shape index (κ3) is 6.07. The number of amides is 2. The van der Waals surface area contributed by atoms with Gasteiger partial charge in [-0.1, -0.05) is 12.1 Å². The molecule has 0 aromatic heterocycles. The average molecular weight is 384 g/mol. The molecule has 6 nitrogen and oxygen atoms in total. The van der Waals surface area contributed by atoms with Crippen LogP contribution in [0.2, 0.25) is 0 Å². The zero-order chi connectivity index (χ0) is 19.9. The Morgan fingerprint density at radius 1 is 1.15 bits per heavy atom. The number of nitrogens with one attached hydrogen (secondary N) is 2. The minimum atomic E-state index is -4.48. The molecule has 0 aliphatic heterocycles. The summed E-state index contributed by atoms with van der Waals surface area (Å²) in [5.74, 6) is 0.879. The van der Waals surface area contributed by atoms with Gasteiger partial charge in [0.05, 0.1) is 19.3 Å². The average Bonchev–Trinajstić information content (AvgIpc) is 2.64. The normalized spacial score (nSPS) is 11.0. The first kappa shape index (κ1) is 20.4. The topological polar surface area (TPSA) is 79.8 Å². The number of benzene rings is 2. The number of aliphatic hydroxyl groups excluding tert-OH is 1. The Labute approximate surface area is 153 Å². The largest absolute Gasteiger partial charge is 0.493 e. The van der Waals surface area contributed by atoms with Gasteiger partial charge in [0.25, 0.3) is 0 Å². The molecule has 0 fully saturated rings. The fourth-order valence-electron chi connectivity index (χ4n) is 2.23. The first-order valence-corrected chi connectivity index (χ1v) is 7.96. The van der Waals surface area contributed by atoms with Crippen LogP contribution in [0, 0.1) is 0 Å². The van der Waals surface area contributed by atoms with E-state index < -0.39 is 17.8 Å². The van der Waals surface area contributed by atoms with Crippen molar-refractivity contribution in [2.24, 2.45) is 0 Å². The summed E-state index contributed by atoms with van der Waals surface area (Å²) in [7, 11) is 1.46. The van der Waals surface area contributed by atoms with E-state index in [4.69, 9.17) is 14.6 Å². The predicted octanol–water partition coefficient (Wildman–Crippen LogP) is 3.41. The number of urea groups is 1. The standard InChI is InChI=1S/C18H19F3N2O4/c1-26-16-9-12(5-6-15(16)27-8-7-24)11-22-17(25)23-14-4-2-3-13(10-14)18(19,20)21/h2-6,9-10,24H,7-8,11H2,1H3,(H2,22,23,25). The van der Waals surface area contributed by atoms with Gasteiger partial charge in [0, 0.05) is 12.2 Å². The monoisotopic (exact) mass is 384 g/mol. The molecule has 3 N–H and O–H groups in total. The Morgan fingerprint density at radius 3 is 2.59 bits per heavy atom. The fourth-order valence-corrected chi connectivity index (χ4v) is 2.23. The molecule has 0 saturated carbocycles. The summed E-state index contributed by atoms with van der Waals surface area (Å²) in [5.41, 5.74) is -0.112. The van der Waals surface area contributed by atoms with Gasteiger partial charge in [-0.2, -0.15) is 13.2 Å². The highest BCUT2D eigenvalue weighted by atomic mass is 19.4. The van der Waals surface area contributed by atoms with Crippen molar-refractivity contribution in [3.8, 4) is 11.5 Å². The highest BCUT2D eigenvalue weighted by Gasteiger charge is 2.30. The molecule has 0 aliphatic rings. The van der Waals surface area contributed by atoms with Gasteiger partial charge in [0.15, 0.2) is 11.5 Å². The molecular formula is C18H19F3N2O4. The van der Waals surface area contributed by atoms with Gasteiger partial charge in [0.1, 0.15) is 6.61 Å². The minimum Gasteiger partial charge on any atom is -0.493 e. The second-order valence-electron chi connectivity index (χ2n) is 5.44. The molecule has 0 heterocycles. The number of hydrogen-bond acceptors (Lipinski definition) is 4. The van der Waals surface area contributed by atoms with Crippen LogP contribution in [0.15, 0.2) is 42.5 Å². The van der Waals surface area contributed by atoms with E-state index in [0.717, 1.165) is 12.1 Å². The molecule has 2 rings (SSSR count). The lowest BCUT2D eigenvalue weighted by Gasteiger charge is -2.13. The van der Waals surface area contributed by atoms with E-state index in [-0.39, 0.29) is 25.4 Å². The van der Waals surface area contributed by atoms with Gasteiger partial charge in [0.2, 0.25) is 0 Å². The minimum absolute atomic E-state index is 0.0349. The number of halogens is 3. The summed E-state index contributed by atoms with van der Waals surface area (Å²) in [5, 5.41) is 13.7. The van der Waals surface area contributed by atoms with Gasteiger partial charge >= 0.3 is 12.2 Å². The molecule has 9 heteroatoms. The SMILES string of the molecule is COc1cc(CNC(=O)Nc2cccc(C(F)(F)F)c2)ccc1OCCO. The van der Waals surface area contributed by atoms with E-state index in [2.05, 4.69) is 10.6 Å². The number of carbonyl (C=O) groups is 1. The van der Waals surface area contributed by atoms with Crippen LogP contribution in [0.1, 0.15) is 11.1 Å². The van der Waals surface area contributed by atoms with Crippen LogP contribution in [0.25, 0.3) is 0 Å². The lowest BCUT2D eigenvalue weighted by molar-refractivity contribution is -0.137. The molecule has 0 bridgehead atoms. The number of rotatable bonds is 7. The molecule has 0 atom stereocenters. The smallest absolute Gasteiger partial charge is 0.416 e. The van der Waals surface area contributed by atoms with Crippen molar-refractivity contribution in [1.29, 1.82) is 0 Å². The van der Waals surface area contributed by atoms with Crippen LogP contribution in [-0.2, 0) is 12.7 Å². The Hall–Kier alpha value is -2.94. The Balaban J connectivity index is 1.95.